The van der Waals surface area contributed by atoms with Gasteiger partial charge in [0.25, 0.3) is 0 Å². The predicted octanol–water partition coefficient (Wildman–Crippen LogP) is 4.42. The summed E-state index contributed by atoms with van der Waals surface area (Å²) < 4.78 is 45.7. The molecule has 1 saturated carbocycles. The van der Waals surface area contributed by atoms with Crippen molar-refractivity contribution in [2.75, 3.05) is 0 Å². The quantitative estimate of drug-likeness (QED) is 0.456. The molecular weight excluding hydrogens is 309 g/mol. The molecule has 126 valence electrons. The lowest BCUT2D eigenvalue weighted by Gasteiger charge is -2.27. The minimum absolute atomic E-state index is 0.206. The van der Waals surface area contributed by atoms with Crippen LogP contribution in [0.2, 0.25) is 0 Å². The molecule has 0 saturated heterocycles. The number of carbonyl (C=O) groups is 1. The second kappa shape index (κ2) is 7.64. The fourth-order valence-electron chi connectivity index (χ4n) is 2.67. The monoisotopic (exact) mass is 328 g/mol. The van der Waals surface area contributed by atoms with E-state index in [0.717, 1.165) is 12.0 Å². The first-order chi connectivity index (χ1) is 10.9. The van der Waals surface area contributed by atoms with E-state index < -0.39 is 18.4 Å². The number of benzene rings is 1. The number of esters is 1. The molecule has 0 spiro atoms. The van der Waals surface area contributed by atoms with Crippen LogP contribution < -0.4 is 4.74 Å². The molecule has 6 heteroatoms. The first kappa shape index (κ1) is 17.5. The smallest absolute Gasteiger partial charge is 0.426 e. The van der Waals surface area contributed by atoms with Gasteiger partial charge in [-0.15, -0.1) is 19.8 Å². The summed E-state index contributed by atoms with van der Waals surface area (Å²) in [6, 6.07) is 7.10. The van der Waals surface area contributed by atoms with Crippen LogP contribution in [-0.4, -0.2) is 18.4 Å². The second-order valence-electron chi connectivity index (χ2n) is 5.60. The maximum atomic E-state index is 12.2. The Morgan fingerprint density at radius 3 is 2.30 bits per heavy atom. The van der Waals surface area contributed by atoms with E-state index in [2.05, 4.69) is 11.3 Å². The fraction of sp³-hybridized carbons (Fsp3) is 0.471. The molecule has 23 heavy (non-hydrogen) atoms. The van der Waals surface area contributed by atoms with Crippen LogP contribution in [0.3, 0.4) is 0 Å². The molecule has 0 aliphatic heterocycles. The summed E-state index contributed by atoms with van der Waals surface area (Å²) in [6.45, 7) is 3.65. The van der Waals surface area contributed by atoms with Crippen molar-refractivity contribution >= 4 is 5.97 Å². The van der Waals surface area contributed by atoms with Gasteiger partial charge in [-0.05, 0) is 49.8 Å². The van der Waals surface area contributed by atoms with Crippen molar-refractivity contribution in [2.45, 2.75) is 44.6 Å². The third-order valence-corrected chi connectivity index (χ3v) is 3.83. The summed E-state index contributed by atoms with van der Waals surface area (Å²) in [5, 5.41) is 0. The Bertz CT molecular complexity index is 529. The lowest BCUT2D eigenvalue weighted by Crippen LogP contribution is -2.32. The van der Waals surface area contributed by atoms with Crippen LogP contribution in [-0.2, 0) is 16.0 Å². The van der Waals surface area contributed by atoms with Gasteiger partial charge in [-0.2, -0.15) is 0 Å². The SMILES string of the molecule is C=CCc1ccc(OC(=O)C2CCC(OC(F)(F)F)CC2)cc1. The highest BCUT2D eigenvalue weighted by Gasteiger charge is 2.36. The average Bonchev–Trinajstić information content (AvgIpc) is 2.48. The van der Waals surface area contributed by atoms with Crippen LogP contribution in [0, 0.1) is 5.92 Å². The van der Waals surface area contributed by atoms with Crippen molar-refractivity contribution < 1.29 is 27.4 Å². The van der Waals surface area contributed by atoms with Crippen molar-refractivity contribution in [1.82, 2.24) is 0 Å². The Balaban J connectivity index is 1.82. The van der Waals surface area contributed by atoms with E-state index >= 15 is 0 Å². The molecule has 1 aromatic carbocycles. The molecule has 0 aromatic heterocycles. The van der Waals surface area contributed by atoms with Crippen molar-refractivity contribution in [3.05, 3.63) is 42.5 Å². The molecule has 0 N–H and O–H groups in total. The van der Waals surface area contributed by atoms with Gasteiger partial charge in [0.05, 0.1) is 12.0 Å². The van der Waals surface area contributed by atoms with Crippen LogP contribution in [0.15, 0.2) is 36.9 Å². The minimum atomic E-state index is -4.62. The highest BCUT2D eigenvalue weighted by Crippen LogP contribution is 2.31. The van der Waals surface area contributed by atoms with Gasteiger partial charge in [-0.3, -0.25) is 9.53 Å². The normalized spacial score (nSPS) is 21.7. The van der Waals surface area contributed by atoms with Crippen LogP contribution in [0.1, 0.15) is 31.2 Å². The maximum Gasteiger partial charge on any atom is 0.522 e. The molecule has 1 aliphatic carbocycles. The van der Waals surface area contributed by atoms with Gasteiger partial charge in [-0.1, -0.05) is 18.2 Å². The van der Waals surface area contributed by atoms with Gasteiger partial charge in [0.15, 0.2) is 0 Å². The third-order valence-electron chi connectivity index (χ3n) is 3.83. The molecule has 0 unspecified atom stereocenters. The third kappa shape index (κ3) is 5.71. The molecular formula is C17H19F3O3. The van der Waals surface area contributed by atoms with Gasteiger partial charge >= 0.3 is 12.3 Å². The summed E-state index contributed by atoms with van der Waals surface area (Å²) in [5.41, 5.74) is 1.06. The van der Waals surface area contributed by atoms with Gasteiger partial charge in [0.1, 0.15) is 5.75 Å². The molecule has 2 rings (SSSR count). The number of halogens is 3. The lowest BCUT2D eigenvalue weighted by molar-refractivity contribution is -0.345. The average molecular weight is 328 g/mol. The number of hydrogen-bond acceptors (Lipinski definition) is 3. The van der Waals surface area contributed by atoms with Crippen LogP contribution in [0.4, 0.5) is 13.2 Å². The van der Waals surface area contributed by atoms with Crippen LogP contribution >= 0.6 is 0 Å². The number of alkyl halides is 3. The van der Waals surface area contributed by atoms with E-state index in [9.17, 15) is 18.0 Å². The van der Waals surface area contributed by atoms with Crippen LogP contribution in [0.25, 0.3) is 0 Å². The molecule has 1 aromatic rings. The maximum absolute atomic E-state index is 12.2. The first-order valence-corrected chi connectivity index (χ1v) is 7.53. The lowest BCUT2D eigenvalue weighted by atomic mass is 9.87. The van der Waals surface area contributed by atoms with E-state index in [1.54, 1.807) is 18.2 Å². The number of hydrogen-bond donors (Lipinski definition) is 0. The summed E-state index contributed by atoms with van der Waals surface area (Å²) in [5.74, 6) is -0.334. The molecule has 0 amide bonds. The molecule has 1 fully saturated rings. The zero-order chi connectivity index (χ0) is 16.9. The highest BCUT2D eigenvalue weighted by molar-refractivity contribution is 5.75. The Hall–Kier alpha value is -1.82. The van der Waals surface area contributed by atoms with Crippen molar-refractivity contribution in [1.29, 1.82) is 0 Å². The Morgan fingerprint density at radius 2 is 1.78 bits per heavy atom. The first-order valence-electron chi connectivity index (χ1n) is 7.53. The van der Waals surface area contributed by atoms with E-state index in [4.69, 9.17) is 4.74 Å². The standard InChI is InChI=1S/C17H19F3O3/c1-2-3-12-4-8-14(9-5-12)22-16(21)13-6-10-15(11-7-13)23-17(18,19)20/h2,4-5,8-9,13,15H,1,3,6-7,10-11H2. The molecule has 3 nitrogen and oxygen atoms in total. The number of carbonyl (C=O) groups excluding carboxylic acids is 1. The van der Waals surface area contributed by atoms with E-state index in [1.165, 1.54) is 0 Å². The van der Waals surface area contributed by atoms with E-state index in [-0.39, 0.29) is 18.8 Å². The van der Waals surface area contributed by atoms with Gasteiger partial charge in [-0.25, -0.2) is 0 Å². The minimum Gasteiger partial charge on any atom is -0.426 e. The summed E-state index contributed by atoms with van der Waals surface area (Å²) in [7, 11) is 0. The zero-order valence-corrected chi connectivity index (χ0v) is 12.6. The van der Waals surface area contributed by atoms with Gasteiger partial charge < -0.3 is 4.74 Å². The molecule has 0 bridgehead atoms. The molecule has 0 atom stereocenters. The van der Waals surface area contributed by atoms with Crippen LogP contribution in [0.5, 0.6) is 5.75 Å². The molecule has 0 heterocycles. The molecule has 1 aliphatic rings. The van der Waals surface area contributed by atoms with Gasteiger partial charge in [0.2, 0.25) is 0 Å². The van der Waals surface area contributed by atoms with Gasteiger partial charge in [0, 0.05) is 0 Å². The Labute approximate surface area is 133 Å². The summed E-state index contributed by atoms with van der Waals surface area (Å²) >= 11 is 0. The number of ether oxygens (including phenoxy) is 2. The number of rotatable bonds is 5. The highest BCUT2D eigenvalue weighted by atomic mass is 19.4. The topological polar surface area (TPSA) is 35.5 Å². The summed E-state index contributed by atoms with van der Waals surface area (Å²) in [6.07, 6.45) is -1.88. The number of allylic oxidation sites excluding steroid dienone is 1. The van der Waals surface area contributed by atoms with E-state index in [1.807, 2.05) is 12.1 Å². The Morgan fingerprint density at radius 1 is 1.17 bits per heavy atom. The fourth-order valence-corrected chi connectivity index (χ4v) is 2.67. The van der Waals surface area contributed by atoms with Crippen molar-refractivity contribution in [3.63, 3.8) is 0 Å². The Kier molecular flexibility index (Phi) is 5.82. The van der Waals surface area contributed by atoms with E-state index in [0.29, 0.717) is 18.6 Å². The zero-order valence-electron chi connectivity index (χ0n) is 12.6. The van der Waals surface area contributed by atoms with Crippen molar-refractivity contribution in [3.8, 4) is 5.75 Å². The predicted molar refractivity (Wildman–Crippen MR) is 78.9 cm³/mol. The largest absolute Gasteiger partial charge is 0.522 e. The molecule has 0 radical (unpaired) electrons. The second-order valence-corrected chi connectivity index (χ2v) is 5.60. The summed E-state index contributed by atoms with van der Waals surface area (Å²) in [4.78, 5) is 12.1. The van der Waals surface area contributed by atoms with Crippen molar-refractivity contribution in [2.24, 2.45) is 5.92 Å².